The van der Waals surface area contributed by atoms with Crippen LogP contribution in [0.4, 0.5) is 0 Å². The molecule has 1 aliphatic rings. The predicted octanol–water partition coefficient (Wildman–Crippen LogP) is 1.88. The first kappa shape index (κ1) is 13.0. The van der Waals surface area contributed by atoms with E-state index in [1.54, 1.807) is 0 Å². The van der Waals surface area contributed by atoms with Gasteiger partial charge < -0.3 is 11.1 Å². The van der Waals surface area contributed by atoms with Crippen LogP contribution in [0, 0.1) is 23.7 Å². The van der Waals surface area contributed by atoms with E-state index in [2.05, 4.69) is 17.3 Å². The van der Waals surface area contributed by atoms with Gasteiger partial charge in [0, 0.05) is 0 Å². The van der Waals surface area contributed by atoms with E-state index in [0.29, 0.717) is 16.1 Å². The second kappa shape index (κ2) is 5.07. The molecule has 0 aliphatic carbocycles. The van der Waals surface area contributed by atoms with Crippen LogP contribution in [0.2, 0.25) is 0 Å². The van der Waals surface area contributed by atoms with E-state index < -0.39 is 5.92 Å². The SMILES string of the molecule is Cc1ccccc1C1C(=C=N)C(=S)NC(N)=C1C#N. The summed E-state index contributed by atoms with van der Waals surface area (Å²) >= 11 is 5.17. The largest absolute Gasteiger partial charge is 0.384 e. The van der Waals surface area contributed by atoms with Crippen molar-refractivity contribution in [1.82, 2.24) is 5.32 Å². The van der Waals surface area contributed by atoms with E-state index in [1.165, 1.54) is 0 Å². The minimum atomic E-state index is -0.419. The van der Waals surface area contributed by atoms with Gasteiger partial charge in [0.05, 0.1) is 23.1 Å². The fraction of sp³-hybridized carbons (Fsp3) is 0.143. The minimum Gasteiger partial charge on any atom is -0.384 e. The monoisotopic (exact) mass is 268 g/mol. The molecule has 19 heavy (non-hydrogen) atoms. The molecule has 5 heteroatoms. The van der Waals surface area contributed by atoms with Gasteiger partial charge in [0.1, 0.15) is 10.8 Å². The Labute approximate surface area is 116 Å². The maximum absolute atomic E-state index is 9.31. The molecule has 0 fully saturated rings. The first-order valence-electron chi connectivity index (χ1n) is 5.66. The maximum Gasteiger partial charge on any atom is 0.118 e. The maximum atomic E-state index is 9.31. The highest BCUT2D eigenvalue weighted by molar-refractivity contribution is 7.80. The van der Waals surface area contributed by atoms with Crippen LogP contribution in [0.5, 0.6) is 0 Å². The normalized spacial score (nSPS) is 18.6. The van der Waals surface area contributed by atoms with E-state index in [9.17, 15) is 5.26 Å². The van der Waals surface area contributed by atoms with E-state index in [0.717, 1.165) is 11.1 Å². The van der Waals surface area contributed by atoms with Crippen LogP contribution in [0.15, 0.2) is 41.2 Å². The minimum absolute atomic E-state index is 0.250. The number of nitrogens with two attached hydrogens (primary N) is 1. The van der Waals surface area contributed by atoms with Crippen molar-refractivity contribution in [3.8, 4) is 6.07 Å². The molecule has 1 aromatic carbocycles. The molecule has 1 aliphatic heterocycles. The molecule has 0 bridgehead atoms. The van der Waals surface area contributed by atoms with Gasteiger partial charge in [-0.1, -0.05) is 36.5 Å². The number of nitrogens with one attached hydrogen (secondary N) is 2. The zero-order valence-electron chi connectivity index (χ0n) is 10.3. The number of nitriles is 1. The van der Waals surface area contributed by atoms with Crippen LogP contribution in [0.25, 0.3) is 0 Å². The smallest absolute Gasteiger partial charge is 0.118 e. The average molecular weight is 268 g/mol. The summed E-state index contributed by atoms with van der Waals surface area (Å²) in [7, 11) is 0. The summed E-state index contributed by atoms with van der Waals surface area (Å²) in [6, 6.07) is 9.78. The number of nitrogens with zero attached hydrogens (tertiary/aromatic N) is 1. The molecule has 4 nitrogen and oxygen atoms in total. The Morgan fingerprint density at radius 1 is 1.42 bits per heavy atom. The van der Waals surface area contributed by atoms with Crippen molar-refractivity contribution in [3.63, 3.8) is 0 Å². The number of rotatable bonds is 1. The topological polar surface area (TPSA) is 85.7 Å². The van der Waals surface area contributed by atoms with Crippen LogP contribution in [0.3, 0.4) is 0 Å². The first-order chi connectivity index (χ1) is 9.10. The van der Waals surface area contributed by atoms with Crippen molar-refractivity contribution < 1.29 is 0 Å². The highest BCUT2D eigenvalue weighted by atomic mass is 32.1. The van der Waals surface area contributed by atoms with E-state index in [-0.39, 0.29) is 5.82 Å². The number of hydrogen-bond acceptors (Lipinski definition) is 4. The van der Waals surface area contributed by atoms with E-state index in [4.69, 9.17) is 23.4 Å². The van der Waals surface area contributed by atoms with E-state index >= 15 is 0 Å². The molecule has 0 saturated carbocycles. The zero-order valence-corrected chi connectivity index (χ0v) is 11.1. The van der Waals surface area contributed by atoms with Crippen LogP contribution in [-0.4, -0.2) is 10.9 Å². The van der Waals surface area contributed by atoms with Crippen molar-refractivity contribution in [2.45, 2.75) is 12.8 Å². The zero-order chi connectivity index (χ0) is 14.0. The highest BCUT2D eigenvalue weighted by Crippen LogP contribution is 2.35. The first-order valence-corrected chi connectivity index (χ1v) is 6.07. The van der Waals surface area contributed by atoms with Gasteiger partial charge in [-0.05, 0) is 23.9 Å². The summed E-state index contributed by atoms with van der Waals surface area (Å²) in [6.07, 6.45) is 0. The molecule has 94 valence electrons. The van der Waals surface area contributed by atoms with Crippen LogP contribution < -0.4 is 11.1 Å². The number of hydrogen-bond donors (Lipinski definition) is 3. The van der Waals surface area contributed by atoms with Gasteiger partial charge in [-0.2, -0.15) is 5.26 Å². The lowest BCUT2D eigenvalue weighted by Gasteiger charge is -2.27. The van der Waals surface area contributed by atoms with Gasteiger partial charge >= 0.3 is 0 Å². The summed E-state index contributed by atoms with van der Waals surface area (Å²) in [5.74, 6) is 2.17. The molecule has 1 heterocycles. The van der Waals surface area contributed by atoms with Crippen molar-refractivity contribution in [2.24, 2.45) is 5.73 Å². The molecular weight excluding hydrogens is 256 g/mol. The summed E-state index contributed by atoms with van der Waals surface area (Å²) in [5, 5.41) is 19.5. The highest BCUT2D eigenvalue weighted by Gasteiger charge is 2.32. The van der Waals surface area contributed by atoms with Gasteiger partial charge in [-0.3, -0.25) is 5.41 Å². The van der Waals surface area contributed by atoms with Crippen LogP contribution in [-0.2, 0) is 0 Å². The summed E-state index contributed by atoms with van der Waals surface area (Å²) < 4.78 is 0. The van der Waals surface area contributed by atoms with Gasteiger partial charge in [0.15, 0.2) is 0 Å². The van der Waals surface area contributed by atoms with Crippen molar-refractivity contribution >= 4 is 23.1 Å². The number of benzene rings is 1. The molecule has 2 rings (SSSR count). The molecule has 0 saturated heterocycles. The third-order valence-corrected chi connectivity index (χ3v) is 3.44. The molecule has 4 N–H and O–H groups in total. The van der Waals surface area contributed by atoms with Crippen molar-refractivity contribution in [3.05, 3.63) is 52.4 Å². The molecule has 0 amide bonds. The van der Waals surface area contributed by atoms with Gasteiger partial charge in [-0.25, -0.2) is 0 Å². The number of allylic oxidation sites excluding steroid dienone is 1. The Balaban J connectivity index is 2.72. The third kappa shape index (κ3) is 2.15. The van der Waals surface area contributed by atoms with Gasteiger partial charge in [-0.15, -0.1) is 0 Å². The second-order valence-electron chi connectivity index (χ2n) is 4.22. The van der Waals surface area contributed by atoms with Gasteiger partial charge in [0.2, 0.25) is 0 Å². The molecule has 1 atom stereocenters. The number of thiocarbonyl (C=S) groups is 1. The Bertz CT molecular complexity index is 675. The molecule has 1 unspecified atom stereocenters. The average Bonchev–Trinajstić information content (AvgIpc) is 2.38. The molecular formula is C14H12N4S. The third-order valence-electron chi connectivity index (χ3n) is 3.11. The predicted molar refractivity (Wildman–Crippen MR) is 77.7 cm³/mol. The van der Waals surface area contributed by atoms with Crippen LogP contribution in [0.1, 0.15) is 17.0 Å². The van der Waals surface area contributed by atoms with Gasteiger partial charge in [0.25, 0.3) is 0 Å². The molecule has 0 radical (unpaired) electrons. The molecule has 0 spiro atoms. The summed E-state index contributed by atoms with van der Waals surface area (Å²) in [6.45, 7) is 1.95. The number of aryl methyl sites for hydroxylation is 1. The summed E-state index contributed by atoms with van der Waals surface area (Å²) in [5.41, 5.74) is 8.61. The quantitative estimate of drug-likeness (QED) is 0.412. The van der Waals surface area contributed by atoms with E-state index in [1.807, 2.05) is 31.2 Å². The fourth-order valence-corrected chi connectivity index (χ4v) is 2.44. The lowest BCUT2D eigenvalue weighted by Crippen LogP contribution is -2.37. The molecule has 1 aromatic rings. The fourth-order valence-electron chi connectivity index (χ4n) is 2.16. The Kier molecular flexibility index (Phi) is 3.48. The van der Waals surface area contributed by atoms with Crippen molar-refractivity contribution in [1.29, 1.82) is 10.7 Å². The van der Waals surface area contributed by atoms with Crippen LogP contribution >= 0.6 is 12.2 Å². The lowest BCUT2D eigenvalue weighted by molar-refractivity contribution is 0.889. The Morgan fingerprint density at radius 3 is 2.68 bits per heavy atom. The summed E-state index contributed by atoms with van der Waals surface area (Å²) in [4.78, 5) is 0.347. The Morgan fingerprint density at radius 2 is 2.11 bits per heavy atom. The Hall–Kier alpha value is -2.41. The van der Waals surface area contributed by atoms with Crippen molar-refractivity contribution in [2.75, 3.05) is 0 Å². The molecule has 0 aromatic heterocycles. The lowest BCUT2D eigenvalue weighted by atomic mass is 9.81. The standard InChI is InChI=1S/C14H12N4S/c1-8-4-2-3-5-9(8)12-10(6-15)13(17)18-14(19)11(12)7-16/h2-5,12,16H,17H2,1H3,(H,18,19). The second-order valence-corrected chi connectivity index (χ2v) is 4.63.